The van der Waals surface area contributed by atoms with Gasteiger partial charge in [-0.2, -0.15) is 0 Å². The molecule has 1 aliphatic rings. The number of nitrogens with one attached hydrogen (secondary N) is 1. The second-order valence-corrected chi connectivity index (χ2v) is 5.76. The maximum absolute atomic E-state index is 12.2. The van der Waals surface area contributed by atoms with E-state index in [2.05, 4.69) is 4.98 Å². The highest BCUT2D eigenvalue weighted by Gasteiger charge is 2.25. The number of carbonyl (C=O) groups is 1. The maximum Gasteiger partial charge on any atom is 0.414 e. The first-order valence-electron chi connectivity index (χ1n) is 8.13. The third-order valence-corrected chi connectivity index (χ3v) is 4.07. The number of hydrogen-bond acceptors (Lipinski definition) is 6. The van der Waals surface area contributed by atoms with Gasteiger partial charge in [-0.05, 0) is 37.6 Å². The minimum absolute atomic E-state index is 0.0729. The number of carbonyl (C=O) groups excluding carboxylic acids is 1. The normalized spacial score (nSPS) is 15.2. The zero-order chi connectivity index (χ0) is 18.8. The summed E-state index contributed by atoms with van der Waals surface area (Å²) in [5, 5.41) is 9.92. The molecule has 2 aromatic rings. The van der Waals surface area contributed by atoms with E-state index in [9.17, 15) is 19.5 Å². The molecule has 138 valence electrons. The fraction of sp³-hybridized carbons (Fsp3) is 0.353. The number of aryl methyl sites for hydroxylation is 1. The van der Waals surface area contributed by atoms with Gasteiger partial charge in [-0.15, -0.1) is 0 Å². The van der Waals surface area contributed by atoms with Crippen molar-refractivity contribution in [2.24, 2.45) is 0 Å². The van der Waals surface area contributed by atoms with E-state index in [0.717, 1.165) is 5.56 Å². The van der Waals surface area contributed by atoms with Crippen LogP contribution in [0.3, 0.4) is 0 Å². The van der Waals surface area contributed by atoms with Gasteiger partial charge in [-0.25, -0.2) is 9.59 Å². The van der Waals surface area contributed by atoms with Gasteiger partial charge in [0.05, 0.1) is 23.5 Å². The molecular formula is C17H19N3O6. The Morgan fingerprint density at radius 1 is 1.35 bits per heavy atom. The maximum atomic E-state index is 12.2. The van der Waals surface area contributed by atoms with Crippen LogP contribution in [0.1, 0.15) is 24.3 Å². The van der Waals surface area contributed by atoms with E-state index < -0.39 is 23.6 Å². The summed E-state index contributed by atoms with van der Waals surface area (Å²) in [6, 6.07) is 5.05. The highest BCUT2D eigenvalue weighted by Crippen LogP contribution is 2.25. The van der Waals surface area contributed by atoms with Gasteiger partial charge in [0.2, 0.25) is 0 Å². The topological polar surface area (TPSA) is 114 Å². The van der Waals surface area contributed by atoms with Crippen LogP contribution in [0.2, 0.25) is 0 Å². The number of aliphatic hydroxyl groups excluding tert-OH is 1. The summed E-state index contributed by atoms with van der Waals surface area (Å²) in [6.07, 6.45) is -0.598. The largest absolute Gasteiger partial charge is 0.447 e. The molecule has 1 saturated heterocycles. The van der Waals surface area contributed by atoms with Crippen LogP contribution in [0.15, 0.2) is 34.0 Å². The summed E-state index contributed by atoms with van der Waals surface area (Å²) in [6.45, 7) is 4.48. The number of nitrogens with zero attached hydrogens (tertiary/aromatic N) is 2. The lowest BCUT2D eigenvalue weighted by Gasteiger charge is -2.17. The summed E-state index contributed by atoms with van der Waals surface area (Å²) in [7, 11) is 0. The number of anilines is 1. The number of aromatic amines is 1. The van der Waals surface area contributed by atoms with Crippen molar-refractivity contribution < 1.29 is 19.4 Å². The summed E-state index contributed by atoms with van der Waals surface area (Å²) in [5.41, 5.74) is 0.492. The van der Waals surface area contributed by atoms with Gasteiger partial charge in [-0.3, -0.25) is 19.2 Å². The Morgan fingerprint density at radius 2 is 2.12 bits per heavy atom. The van der Waals surface area contributed by atoms with Crippen LogP contribution >= 0.6 is 0 Å². The van der Waals surface area contributed by atoms with Crippen molar-refractivity contribution in [3.8, 4) is 5.69 Å². The fourth-order valence-corrected chi connectivity index (χ4v) is 2.81. The van der Waals surface area contributed by atoms with Gasteiger partial charge in [-0.1, -0.05) is 0 Å². The molecular weight excluding hydrogens is 342 g/mol. The van der Waals surface area contributed by atoms with Crippen molar-refractivity contribution in [2.75, 3.05) is 24.7 Å². The highest BCUT2D eigenvalue weighted by molar-refractivity contribution is 5.90. The number of cyclic esters (lactones) is 1. The van der Waals surface area contributed by atoms with E-state index in [0.29, 0.717) is 24.5 Å². The number of hydrogen-bond donors (Lipinski definition) is 2. The lowest BCUT2D eigenvalue weighted by Crippen LogP contribution is -2.32. The first-order valence-corrected chi connectivity index (χ1v) is 8.13. The first-order chi connectivity index (χ1) is 12.4. The molecule has 2 N–H and O–H groups in total. The molecule has 1 atom stereocenters. The average Bonchev–Trinajstić information content (AvgIpc) is 3.01. The molecule has 0 saturated carbocycles. The van der Waals surface area contributed by atoms with Crippen molar-refractivity contribution in [1.29, 1.82) is 0 Å². The SMILES string of the molecule is CCOC(O)c1cn(-c2ccc(N3CCOC3=O)c(C)c2)c(=O)[nH]c1=O. The molecule has 0 aliphatic carbocycles. The molecule has 3 rings (SSSR count). The molecule has 26 heavy (non-hydrogen) atoms. The number of aliphatic hydroxyl groups is 1. The van der Waals surface area contributed by atoms with Crippen LogP contribution in [0, 0.1) is 6.92 Å². The van der Waals surface area contributed by atoms with Gasteiger partial charge >= 0.3 is 11.8 Å². The van der Waals surface area contributed by atoms with Crippen LogP contribution in [-0.4, -0.2) is 40.5 Å². The Bertz CT molecular complexity index is 948. The van der Waals surface area contributed by atoms with Crippen LogP contribution in [0.25, 0.3) is 5.69 Å². The molecule has 1 aromatic carbocycles. The molecule has 1 aromatic heterocycles. The molecule has 1 unspecified atom stereocenters. The van der Waals surface area contributed by atoms with Gasteiger partial charge in [0, 0.05) is 12.8 Å². The van der Waals surface area contributed by atoms with Crippen LogP contribution in [0.5, 0.6) is 0 Å². The first kappa shape index (κ1) is 17.9. The molecule has 0 bridgehead atoms. The molecule has 2 heterocycles. The van der Waals surface area contributed by atoms with Crippen LogP contribution in [0.4, 0.5) is 10.5 Å². The van der Waals surface area contributed by atoms with Gasteiger partial charge < -0.3 is 14.6 Å². The molecule has 0 spiro atoms. The van der Waals surface area contributed by atoms with Crippen LogP contribution < -0.4 is 16.1 Å². The van der Waals surface area contributed by atoms with E-state index >= 15 is 0 Å². The van der Waals surface area contributed by atoms with Crippen molar-refractivity contribution in [3.05, 3.63) is 56.4 Å². The van der Waals surface area contributed by atoms with E-state index in [1.165, 1.54) is 15.7 Å². The Kier molecular flexibility index (Phi) is 4.92. The Hall–Kier alpha value is -2.91. The third kappa shape index (κ3) is 3.26. The number of aromatic nitrogens is 2. The third-order valence-electron chi connectivity index (χ3n) is 4.07. The van der Waals surface area contributed by atoms with E-state index in [1.54, 1.807) is 32.0 Å². The standard InChI is InChI=1S/C17H19N3O6/c1-3-25-15(22)12-9-20(16(23)18-14(12)21)11-4-5-13(10(2)8-11)19-6-7-26-17(19)24/h4-5,8-9,15,22H,3,6-7H2,1-2H3,(H,18,21,23). The quantitative estimate of drug-likeness (QED) is 0.762. The minimum Gasteiger partial charge on any atom is -0.447 e. The van der Waals surface area contributed by atoms with Crippen molar-refractivity contribution in [3.63, 3.8) is 0 Å². The summed E-state index contributed by atoms with van der Waals surface area (Å²) >= 11 is 0. The Labute approximate surface area is 148 Å². The summed E-state index contributed by atoms with van der Waals surface area (Å²) < 4.78 is 11.2. The minimum atomic E-state index is -1.43. The summed E-state index contributed by atoms with van der Waals surface area (Å²) in [4.78, 5) is 39.5. The monoisotopic (exact) mass is 361 g/mol. The number of benzene rings is 1. The predicted octanol–water partition coefficient (Wildman–Crippen LogP) is 0.818. The second-order valence-electron chi connectivity index (χ2n) is 5.76. The molecule has 1 amide bonds. The number of H-pyrrole nitrogens is 1. The zero-order valence-electron chi connectivity index (χ0n) is 14.4. The average molecular weight is 361 g/mol. The molecule has 9 nitrogen and oxygen atoms in total. The Morgan fingerprint density at radius 3 is 2.73 bits per heavy atom. The lowest BCUT2D eigenvalue weighted by atomic mass is 10.1. The van der Waals surface area contributed by atoms with Gasteiger partial charge in [0.1, 0.15) is 6.61 Å². The molecule has 1 aliphatic heterocycles. The van der Waals surface area contributed by atoms with Crippen molar-refractivity contribution in [2.45, 2.75) is 20.1 Å². The highest BCUT2D eigenvalue weighted by atomic mass is 16.6. The van der Waals surface area contributed by atoms with E-state index in [-0.39, 0.29) is 12.2 Å². The van der Waals surface area contributed by atoms with E-state index in [4.69, 9.17) is 9.47 Å². The Balaban J connectivity index is 2.02. The summed E-state index contributed by atoms with van der Waals surface area (Å²) in [5.74, 6) is 0. The second kappa shape index (κ2) is 7.14. The molecule has 0 radical (unpaired) electrons. The fourth-order valence-electron chi connectivity index (χ4n) is 2.81. The zero-order valence-corrected chi connectivity index (χ0v) is 14.4. The van der Waals surface area contributed by atoms with Crippen molar-refractivity contribution in [1.82, 2.24) is 9.55 Å². The molecule has 1 fully saturated rings. The molecule has 9 heteroatoms. The number of ether oxygens (including phenoxy) is 2. The van der Waals surface area contributed by atoms with Gasteiger partial charge in [0.15, 0.2) is 6.29 Å². The van der Waals surface area contributed by atoms with Gasteiger partial charge in [0.25, 0.3) is 5.56 Å². The van der Waals surface area contributed by atoms with Crippen molar-refractivity contribution >= 4 is 11.8 Å². The smallest absolute Gasteiger partial charge is 0.414 e. The lowest BCUT2D eigenvalue weighted by molar-refractivity contribution is -0.0991. The van der Waals surface area contributed by atoms with Crippen LogP contribution in [-0.2, 0) is 9.47 Å². The van der Waals surface area contributed by atoms with E-state index in [1.807, 2.05) is 0 Å². The number of amides is 1. The number of rotatable bonds is 5. The predicted molar refractivity (Wildman–Crippen MR) is 92.7 cm³/mol.